The summed E-state index contributed by atoms with van der Waals surface area (Å²) in [4.78, 5) is 2.37. The normalized spacial score (nSPS) is 25.2. The van der Waals surface area contributed by atoms with Crippen molar-refractivity contribution in [3.63, 3.8) is 0 Å². The van der Waals surface area contributed by atoms with Crippen LogP contribution in [0.3, 0.4) is 0 Å². The summed E-state index contributed by atoms with van der Waals surface area (Å²) in [7, 11) is 0. The molecule has 1 atom stereocenters. The molecule has 0 amide bonds. The molecule has 2 saturated heterocycles. The lowest BCUT2D eigenvalue weighted by atomic mass is 9.85. The molecular formula is C17H24N6S. The van der Waals surface area contributed by atoms with Gasteiger partial charge >= 0.3 is 0 Å². The lowest BCUT2D eigenvalue weighted by Crippen LogP contribution is -2.52. The van der Waals surface area contributed by atoms with Crippen molar-refractivity contribution in [2.24, 2.45) is 5.92 Å². The highest BCUT2D eigenvalue weighted by Gasteiger charge is 2.30. The Morgan fingerprint density at radius 3 is 2.83 bits per heavy atom. The molecule has 7 heteroatoms. The van der Waals surface area contributed by atoms with E-state index in [0.29, 0.717) is 5.92 Å². The highest BCUT2D eigenvalue weighted by Crippen LogP contribution is 2.35. The number of hydrogen-bond donors (Lipinski definition) is 1. The minimum absolute atomic E-state index is 0.556. The Morgan fingerprint density at radius 2 is 2.08 bits per heavy atom. The molecule has 1 saturated carbocycles. The van der Waals surface area contributed by atoms with Gasteiger partial charge in [0.2, 0.25) is 0 Å². The third kappa shape index (κ3) is 2.67. The van der Waals surface area contributed by atoms with Crippen LogP contribution in [0.15, 0.2) is 12.1 Å². The molecule has 6 nitrogen and oxygen atoms in total. The third-order valence-corrected chi connectivity index (χ3v) is 6.81. The van der Waals surface area contributed by atoms with Gasteiger partial charge in [-0.05, 0) is 37.1 Å². The molecule has 128 valence electrons. The molecule has 0 aromatic carbocycles. The van der Waals surface area contributed by atoms with Crippen LogP contribution in [0.2, 0.25) is 0 Å². The molecule has 3 aliphatic rings. The van der Waals surface area contributed by atoms with Gasteiger partial charge in [0.05, 0.1) is 0 Å². The van der Waals surface area contributed by atoms with Crippen LogP contribution in [0.5, 0.6) is 0 Å². The molecule has 24 heavy (non-hydrogen) atoms. The average molecular weight is 344 g/mol. The second kappa shape index (κ2) is 6.19. The highest BCUT2D eigenvalue weighted by atomic mass is 32.2. The van der Waals surface area contributed by atoms with E-state index in [9.17, 15) is 0 Å². The Labute approximate surface area is 146 Å². The Hall–Kier alpha value is -1.34. The van der Waals surface area contributed by atoms with Gasteiger partial charge < -0.3 is 10.2 Å². The molecule has 5 rings (SSSR count). The van der Waals surface area contributed by atoms with Gasteiger partial charge in [0.1, 0.15) is 5.82 Å². The van der Waals surface area contributed by atoms with Crippen molar-refractivity contribution in [1.82, 2.24) is 25.1 Å². The van der Waals surface area contributed by atoms with Gasteiger partial charge in [0, 0.05) is 43.3 Å². The molecule has 0 spiro atoms. The zero-order valence-electron chi connectivity index (χ0n) is 13.9. The van der Waals surface area contributed by atoms with Crippen molar-refractivity contribution in [2.45, 2.75) is 37.6 Å². The van der Waals surface area contributed by atoms with Gasteiger partial charge in [-0.15, -0.1) is 15.3 Å². The Bertz CT molecular complexity index is 715. The summed E-state index contributed by atoms with van der Waals surface area (Å²) >= 11 is 2.07. The predicted octanol–water partition coefficient (Wildman–Crippen LogP) is 1.92. The van der Waals surface area contributed by atoms with E-state index in [2.05, 4.69) is 44.3 Å². The zero-order valence-corrected chi connectivity index (χ0v) is 14.7. The molecule has 2 aromatic rings. The first-order valence-corrected chi connectivity index (χ1v) is 10.3. The number of fused-ring (bicyclic) bond motifs is 1. The summed E-state index contributed by atoms with van der Waals surface area (Å²) in [6.45, 7) is 3.35. The summed E-state index contributed by atoms with van der Waals surface area (Å²) in [6.07, 6.45) is 5.09. The van der Waals surface area contributed by atoms with E-state index in [1.165, 1.54) is 37.2 Å². The number of thioether (sulfide) groups is 1. The van der Waals surface area contributed by atoms with Crippen LogP contribution in [0.1, 0.15) is 37.4 Å². The lowest BCUT2D eigenvalue weighted by molar-refractivity contribution is 0.364. The summed E-state index contributed by atoms with van der Waals surface area (Å²) in [6, 6.07) is 4.88. The van der Waals surface area contributed by atoms with E-state index in [1.54, 1.807) is 0 Å². The van der Waals surface area contributed by atoms with Gasteiger partial charge in [0.15, 0.2) is 11.5 Å². The van der Waals surface area contributed by atoms with Gasteiger partial charge in [-0.3, -0.25) is 0 Å². The van der Waals surface area contributed by atoms with Crippen LogP contribution in [0.25, 0.3) is 5.65 Å². The fourth-order valence-corrected chi connectivity index (χ4v) is 4.99. The largest absolute Gasteiger partial charge is 0.354 e. The van der Waals surface area contributed by atoms with Crippen molar-refractivity contribution in [3.05, 3.63) is 18.0 Å². The molecule has 1 unspecified atom stereocenters. The van der Waals surface area contributed by atoms with Crippen molar-refractivity contribution >= 4 is 23.2 Å². The van der Waals surface area contributed by atoms with E-state index < -0.39 is 0 Å². The summed E-state index contributed by atoms with van der Waals surface area (Å²) in [5, 5.41) is 17.2. The fraction of sp³-hybridized carbons (Fsp3) is 0.706. The van der Waals surface area contributed by atoms with Crippen molar-refractivity contribution in [3.8, 4) is 0 Å². The Kier molecular flexibility index (Phi) is 3.86. The fourth-order valence-electron chi connectivity index (χ4n) is 3.80. The van der Waals surface area contributed by atoms with E-state index in [0.717, 1.165) is 48.9 Å². The number of nitrogens with one attached hydrogen (secondary N) is 1. The summed E-state index contributed by atoms with van der Waals surface area (Å²) < 4.78 is 1.97. The van der Waals surface area contributed by atoms with Crippen molar-refractivity contribution in [1.29, 1.82) is 0 Å². The standard InChI is InChI=1S/C17H24N6S/c1-2-13(3-1)17-20-19-15-4-5-16(21-23(15)17)22-9-12(10-22)8-18-14-6-7-24-11-14/h4-5,12-14,18H,1-3,6-11H2. The van der Waals surface area contributed by atoms with Gasteiger partial charge in [-0.25, -0.2) is 0 Å². The van der Waals surface area contributed by atoms with E-state index >= 15 is 0 Å². The number of nitrogens with zero attached hydrogens (tertiary/aromatic N) is 5. The number of rotatable bonds is 5. The number of aromatic nitrogens is 4. The first-order valence-electron chi connectivity index (χ1n) is 9.15. The number of anilines is 1. The minimum atomic E-state index is 0.556. The third-order valence-electron chi connectivity index (χ3n) is 5.65. The van der Waals surface area contributed by atoms with Crippen LogP contribution >= 0.6 is 11.8 Å². The van der Waals surface area contributed by atoms with Crippen LogP contribution in [-0.4, -0.2) is 57.0 Å². The van der Waals surface area contributed by atoms with Crippen LogP contribution in [0, 0.1) is 5.92 Å². The molecule has 2 aromatic heterocycles. The first-order chi connectivity index (χ1) is 11.9. The first kappa shape index (κ1) is 15.0. The predicted molar refractivity (Wildman–Crippen MR) is 96.8 cm³/mol. The molecule has 0 bridgehead atoms. The smallest absolute Gasteiger partial charge is 0.178 e. The van der Waals surface area contributed by atoms with E-state index in [-0.39, 0.29) is 0 Å². The second-order valence-corrected chi connectivity index (χ2v) is 8.54. The van der Waals surface area contributed by atoms with Crippen LogP contribution in [0.4, 0.5) is 5.82 Å². The molecule has 0 radical (unpaired) electrons. The molecular weight excluding hydrogens is 320 g/mol. The maximum Gasteiger partial charge on any atom is 0.178 e. The lowest BCUT2D eigenvalue weighted by Gasteiger charge is -2.40. The maximum atomic E-state index is 4.83. The topological polar surface area (TPSA) is 58.4 Å². The van der Waals surface area contributed by atoms with E-state index in [4.69, 9.17) is 5.10 Å². The van der Waals surface area contributed by atoms with Crippen molar-refractivity contribution < 1.29 is 0 Å². The Morgan fingerprint density at radius 1 is 1.17 bits per heavy atom. The highest BCUT2D eigenvalue weighted by molar-refractivity contribution is 7.99. The van der Waals surface area contributed by atoms with Crippen LogP contribution in [-0.2, 0) is 0 Å². The molecule has 3 fully saturated rings. The monoisotopic (exact) mass is 344 g/mol. The van der Waals surface area contributed by atoms with Crippen LogP contribution < -0.4 is 10.2 Å². The van der Waals surface area contributed by atoms with Gasteiger partial charge in [-0.2, -0.15) is 16.3 Å². The average Bonchev–Trinajstić information content (AvgIpc) is 3.14. The summed E-state index contributed by atoms with van der Waals surface area (Å²) in [5.41, 5.74) is 0.873. The molecule has 2 aliphatic heterocycles. The molecule has 1 aliphatic carbocycles. The minimum Gasteiger partial charge on any atom is -0.354 e. The molecule has 4 heterocycles. The zero-order chi connectivity index (χ0) is 15.9. The second-order valence-electron chi connectivity index (χ2n) is 7.39. The maximum absolute atomic E-state index is 4.83. The number of hydrogen-bond acceptors (Lipinski definition) is 6. The Balaban J connectivity index is 1.23. The van der Waals surface area contributed by atoms with Crippen molar-refractivity contribution in [2.75, 3.05) is 36.0 Å². The SMILES string of the molecule is c1cc2nnc(C3CCC3)n2nc1N1CC(CNC2CCSC2)C1. The van der Waals surface area contributed by atoms with Gasteiger partial charge in [0.25, 0.3) is 0 Å². The summed E-state index contributed by atoms with van der Waals surface area (Å²) in [5.74, 6) is 6.03. The quantitative estimate of drug-likeness (QED) is 0.894. The van der Waals surface area contributed by atoms with Gasteiger partial charge in [-0.1, -0.05) is 6.42 Å². The van der Waals surface area contributed by atoms with E-state index in [1.807, 2.05) is 4.52 Å². The molecule has 1 N–H and O–H groups in total.